The van der Waals surface area contributed by atoms with Gasteiger partial charge in [0.25, 0.3) is 0 Å². The van der Waals surface area contributed by atoms with Crippen LogP contribution >= 0.6 is 0 Å². The molecule has 29 heavy (non-hydrogen) atoms. The number of rotatable bonds is 5. The Bertz CT molecular complexity index is 990. The van der Waals surface area contributed by atoms with Gasteiger partial charge in [-0.2, -0.15) is 4.98 Å². The van der Waals surface area contributed by atoms with Gasteiger partial charge < -0.3 is 20.1 Å². The molecule has 7 heteroatoms. The molecule has 148 valence electrons. The number of nitrogens with one attached hydrogen (secondary N) is 2. The molecule has 2 aliphatic rings. The van der Waals surface area contributed by atoms with Gasteiger partial charge in [-0.1, -0.05) is 19.3 Å². The summed E-state index contributed by atoms with van der Waals surface area (Å²) < 4.78 is 10.9. The van der Waals surface area contributed by atoms with Crippen LogP contribution in [-0.4, -0.2) is 27.8 Å². The van der Waals surface area contributed by atoms with Crippen molar-refractivity contribution in [3.05, 3.63) is 48.8 Å². The number of anilines is 3. The standard InChI is InChI=1S/C22H23N5O2/c1-2-4-16(5-3-1)25-22-26-18(15-8-10-23-11-9-15)13-21(27-22)24-17-6-7-19-20(12-17)29-14-28-19/h6-13,16H,1-5,14H2,(H2,24,25,26,27). The molecule has 3 aromatic rings. The van der Waals surface area contributed by atoms with Crippen molar-refractivity contribution >= 4 is 17.5 Å². The third kappa shape index (κ3) is 4.08. The predicted octanol–water partition coefficient (Wildman–Crippen LogP) is 4.76. The summed E-state index contributed by atoms with van der Waals surface area (Å²) in [5, 5.41) is 6.92. The molecule has 1 fully saturated rings. The van der Waals surface area contributed by atoms with Gasteiger partial charge in [-0.3, -0.25) is 4.98 Å². The Hall–Kier alpha value is -3.35. The first-order valence-electron chi connectivity index (χ1n) is 10.1. The minimum atomic E-state index is 0.258. The van der Waals surface area contributed by atoms with Crippen molar-refractivity contribution in [1.29, 1.82) is 0 Å². The second-order valence-electron chi connectivity index (χ2n) is 7.37. The smallest absolute Gasteiger partial charge is 0.231 e. The molecule has 0 bridgehead atoms. The van der Waals surface area contributed by atoms with Crippen LogP contribution in [0.15, 0.2) is 48.8 Å². The Kier molecular flexibility index (Phi) is 4.86. The van der Waals surface area contributed by atoms with E-state index in [-0.39, 0.29) is 6.79 Å². The van der Waals surface area contributed by atoms with Gasteiger partial charge in [-0.15, -0.1) is 0 Å². The van der Waals surface area contributed by atoms with Crippen molar-refractivity contribution in [3.8, 4) is 22.8 Å². The summed E-state index contributed by atoms with van der Waals surface area (Å²) in [5.41, 5.74) is 2.74. The van der Waals surface area contributed by atoms with Crippen LogP contribution in [0.3, 0.4) is 0 Å². The van der Waals surface area contributed by atoms with Gasteiger partial charge in [0.15, 0.2) is 11.5 Å². The molecule has 2 aromatic heterocycles. The van der Waals surface area contributed by atoms with Crippen LogP contribution in [0.1, 0.15) is 32.1 Å². The molecule has 1 aliphatic heterocycles. The van der Waals surface area contributed by atoms with Gasteiger partial charge in [0.2, 0.25) is 12.7 Å². The highest BCUT2D eigenvalue weighted by molar-refractivity contribution is 5.68. The quantitative estimate of drug-likeness (QED) is 0.651. The Labute approximate surface area is 169 Å². The van der Waals surface area contributed by atoms with Crippen LogP contribution in [0.25, 0.3) is 11.3 Å². The first-order valence-corrected chi connectivity index (χ1v) is 10.1. The summed E-state index contributed by atoms with van der Waals surface area (Å²) in [7, 11) is 0. The lowest BCUT2D eigenvalue weighted by molar-refractivity contribution is 0.174. The molecule has 3 heterocycles. The normalized spacial score (nSPS) is 15.9. The van der Waals surface area contributed by atoms with Crippen molar-refractivity contribution in [3.63, 3.8) is 0 Å². The molecule has 2 N–H and O–H groups in total. The molecule has 5 rings (SSSR count). The molecule has 7 nitrogen and oxygen atoms in total. The number of benzene rings is 1. The Balaban J connectivity index is 1.45. The first kappa shape index (κ1) is 17.7. The predicted molar refractivity (Wildman–Crippen MR) is 112 cm³/mol. The first-order chi connectivity index (χ1) is 14.3. The van der Waals surface area contributed by atoms with Crippen LogP contribution in [0.4, 0.5) is 17.5 Å². The van der Waals surface area contributed by atoms with E-state index >= 15 is 0 Å². The zero-order valence-corrected chi connectivity index (χ0v) is 16.1. The van der Waals surface area contributed by atoms with E-state index in [4.69, 9.17) is 19.4 Å². The molecule has 0 radical (unpaired) electrons. The zero-order valence-electron chi connectivity index (χ0n) is 16.1. The van der Waals surface area contributed by atoms with E-state index in [1.165, 1.54) is 19.3 Å². The minimum Gasteiger partial charge on any atom is -0.454 e. The molecule has 0 unspecified atom stereocenters. The van der Waals surface area contributed by atoms with Crippen LogP contribution in [-0.2, 0) is 0 Å². The fourth-order valence-electron chi connectivity index (χ4n) is 3.80. The second-order valence-corrected chi connectivity index (χ2v) is 7.37. The Morgan fingerprint density at radius 2 is 1.69 bits per heavy atom. The molecule has 0 spiro atoms. The van der Waals surface area contributed by atoms with E-state index in [0.29, 0.717) is 12.0 Å². The van der Waals surface area contributed by atoms with E-state index in [0.717, 1.165) is 47.1 Å². The molecular weight excluding hydrogens is 366 g/mol. The van der Waals surface area contributed by atoms with Gasteiger partial charge in [0.1, 0.15) is 5.82 Å². The number of hydrogen-bond acceptors (Lipinski definition) is 7. The van der Waals surface area contributed by atoms with E-state index in [1.807, 2.05) is 36.4 Å². The van der Waals surface area contributed by atoms with Crippen LogP contribution in [0, 0.1) is 0 Å². The number of nitrogens with zero attached hydrogens (tertiary/aromatic N) is 3. The summed E-state index contributed by atoms with van der Waals surface area (Å²) in [6.07, 6.45) is 9.69. The molecule has 0 atom stereocenters. The average molecular weight is 389 g/mol. The minimum absolute atomic E-state index is 0.258. The Morgan fingerprint density at radius 1 is 0.862 bits per heavy atom. The maximum atomic E-state index is 5.48. The summed E-state index contributed by atoms with van der Waals surface area (Å²) >= 11 is 0. The fourth-order valence-corrected chi connectivity index (χ4v) is 3.80. The number of pyridine rings is 1. The highest BCUT2D eigenvalue weighted by Gasteiger charge is 2.17. The lowest BCUT2D eigenvalue weighted by Gasteiger charge is -2.23. The molecule has 0 saturated heterocycles. The van der Waals surface area contributed by atoms with E-state index in [1.54, 1.807) is 12.4 Å². The van der Waals surface area contributed by atoms with Gasteiger partial charge in [-0.25, -0.2) is 4.98 Å². The largest absolute Gasteiger partial charge is 0.454 e. The summed E-state index contributed by atoms with van der Waals surface area (Å²) in [5.74, 6) is 2.87. The van der Waals surface area contributed by atoms with Crippen molar-refractivity contribution in [1.82, 2.24) is 15.0 Å². The monoisotopic (exact) mass is 389 g/mol. The number of aromatic nitrogens is 3. The molecular formula is C22H23N5O2. The van der Waals surface area contributed by atoms with E-state index < -0.39 is 0 Å². The second kappa shape index (κ2) is 7.95. The maximum absolute atomic E-state index is 5.48. The zero-order chi connectivity index (χ0) is 19.5. The third-order valence-electron chi connectivity index (χ3n) is 5.29. The summed E-state index contributed by atoms with van der Waals surface area (Å²) in [6, 6.07) is 12.1. The third-order valence-corrected chi connectivity index (χ3v) is 5.29. The topological polar surface area (TPSA) is 81.2 Å². The summed E-state index contributed by atoms with van der Waals surface area (Å²) in [4.78, 5) is 13.6. The molecule has 1 saturated carbocycles. The van der Waals surface area contributed by atoms with Gasteiger partial charge >= 0.3 is 0 Å². The average Bonchev–Trinajstić information content (AvgIpc) is 3.23. The number of hydrogen-bond donors (Lipinski definition) is 2. The van der Waals surface area contributed by atoms with Gasteiger partial charge in [0.05, 0.1) is 5.69 Å². The van der Waals surface area contributed by atoms with E-state index in [2.05, 4.69) is 15.6 Å². The lowest BCUT2D eigenvalue weighted by Crippen LogP contribution is -2.23. The van der Waals surface area contributed by atoms with Crippen molar-refractivity contribution in [2.75, 3.05) is 17.4 Å². The number of ether oxygens (including phenoxy) is 2. The highest BCUT2D eigenvalue weighted by Crippen LogP contribution is 2.35. The molecule has 1 aromatic carbocycles. The molecule has 0 amide bonds. The fraction of sp³-hybridized carbons (Fsp3) is 0.318. The summed E-state index contributed by atoms with van der Waals surface area (Å²) in [6.45, 7) is 0.258. The van der Waals surface area contributed by atoms with Crippen LogP contribution in [0.5, 0.6) is 11.5 Å². The van der Waals surface area contributed by atoms with Gasteiger partial charge in [-0.05, 0) is 37.1 Å². The highest BCUT2D eigenvalue weighted by atomic mass is 16.7. The van der Waals surface area contributed by atoms with Crippen molar-refractivity contribution in [2.45, 2.75) is 38.1 Å². The van der Waals surface area contributed by atoms with Crippen molar-refractivity contribution < 1.29 is 9.47 Å². The van der Waals surface area contributed by atoms with Crippen LogP contribution in [0.2, 0.25) is 0 Å². The molecule has 1 aliphatic carbocycles. The van der Waals surface area contributed by atoms with E-state index in [9.17, 15) is 0 Å². The lowest BCUT2D eigenvalue weighted by atomic mass is 9.96. The van der Waals surface area contributed by atoms with Gasteiger partial charge in [0, 0.05) is 41.8 Å². The maximum Gasteiger partial charge on any atom is 0.231 e. The SMILES string of the molecule is c1cc(-c2cc(Nc3ccc4c(c3)OCO4)nc(NC3CCCCC3)n2)ccn1. The Morgan fingerprint density at radius 3 is 2.55 bits per heavy atom. The van der Waals surface area contributed by atoms with Crippen molar-refractivity contribution in [2.24, 2.45) is 0 Å². The van der Waals surface area contributed by atoms with Crippen LogP contribution < -0.4 is 20.1 Å². The number of fused-ring (bicyclic) bond motifs is 1.